The minimum absolute atomic E-state index is 0.260. The molecule has 4 heteroatoms. The molecule has 2 rings (SSSR count). The topological polar surface area (TPSA) is 54.6 Å². The predicted octanol–water partition coefficient (Wildman–Crippen LogP) is 2.91. The van der Waals surface area contributed by atoms with Gasteiger partial charge in [-0.2, -0.15) is 5.10 Å². The van der Waals surface area contributed by atoms with Gasteiger partial charge < -0.3 is 4.42 Å². The summed E-state index contributed by atoms with van der Waals surface area (Å²) in [4.78, 5) is 11.6. The number of carbonyl (C=O) groups excluding carboxylic acids is 1. The zero-order valence-corrected chi connectivity index (χ0v) is 11.0. The van der Waals surface area contributed by atoms with Gasteiger partial charge in [0, 0.05) is 0 Å². The number of furan rings is 1. The number of hydrogen-bond donors (Lipinski definition) is 1. The lowest BCUT2D eigenvalue weighted by Crippen LogP contribution is -2.16. The molecule has 0 atom stereocenters. The van der Waals surface area contributed by atoms with E-state index in [4.69, 9.17) is 4.42 Å². The quantitative estimate of drug-likeness (QED) is 0.675. The third-order valence-electron chi connectivity index (χ3n) is 2.73. The Balaban J connectivity index is 1.94. The van der Waals surface area contributed by atoms with Crippen molar-refractivity contribution in [2.75, 3.05) is 0 Å². The van der Waals surface area contributed by atoms with Crippen molar-refractivity contribution >= 4 is 12.1 Å². The Morgan fingerprint density at radius 1 is 1.26 bits per heavy atom. The number of aryl methyl sites for hydroxylation is 2. The van der Waals surface area contributed by atoms with Gasteiger partial charge in [-0.1, -0.05) is 31.2 Å². The number of nitrogens with zero attached hydrogens (tertiary/aromatic N) is 1. The SMILES string of the molecule is CCc1ccc(/C=N/NC(=O)c2ccc(C)o2)cc1. The van der Waals surface area contributed by atoms with E-state index in [1.165, 1.54) is 5.56 Å². The van der Waals surface area contributed by atoms with Crippen molar-refractivity contribution in [3.8, 4) is 0 Å². The monoisotopic (exact) mass is 256 g/mol. The maximum absolute atomic E-state index is 11.6. The number of amides is 1. The summed E-state index contributed by atoms with van der Waals surface area (Å²) in [5.74, 6) is 0.606. The van der Waals surface area contributed by atoms with Gasteiger partial charge in [0.2, 0.25) is 0 Å². The van der Waals surface area contributed by atoms with Gasteiger partial charge in [-0.05, 0) is 36.6 Å². The lowest BCUT2D eigenvalue weighted by atomic mass is 10.1. The fourth-order valence-electron chi connectivity index (χ4n) is 1.62. The van der Waals surface area contributed by atoms with Crippen molar-refractivity contribution in [3.63, 3.8) is 0 Å². The standard InChI is InChI=1S/C15H16N2O2/c1-3-12-5-7-13(8-6-12)10-16-17-15(18)14-9-4-11(2)19-14/h4-10H,3H2,1-2H3,(H,17,18)/b16-10+. The molecule has 0 bridgehead atoms. The molecular weight excluding hydrogens is 240 g/mol. The van der Waals surface area contributed by atoms with E-state index in [2.05, 4.69) is 17.5 Å². The molecule has 0 radical (unpaired) electrons. The van der Waals surface area contributed by atoms with E-state index in [0.29, 0.717) is 5.76 Å². The Bertz CT molecular complexity index is 582. The van der Waals surface area contributed by atoms with Gasteiger partial charge in [-0.25, -0.2) is 5.43 Å². The van der Waals surface area contributed by atoms with Gasteiger partial charge in [0.05, 0.1) is 6.21 Å². The first kappa shape index (κ1) is 13.1. The van der Waals surface area contributed by atoms with E-state index in [0.717, 1.165) is 12.0 Å². The van der Waals surface area contributed by atoms with E-state index >= 15 is 0 Å². The lowest BCUT2D eigenvalue weighted by Gasteiger charge is -1.98. The molecule has 0 aliphatic heterocycles. The molecule has 0 unspecified atom stereocenters. The molecule has 0 saturated heterocycles. The number of carbonyl (C=O) groups is 1. The lowest BCUT2D eigenvalue weighted by molar-refractivity contribution is 0.0926. The molecule has 1 aromatic carbocycles. The number of hydrazone groups is 1. The third-order valence-corrected chi connectivity index (χ3v) is 2.73. The average Bonchev–Trinajstić information content (AvgIpc) is 2.86. The van der Waals surface area contributed by atoms with Crippen LogP contribution in [0.15, 0.2) is 45.9 Å². The minimum atomic E-state index is -0.352. The van der Waals surface area contributed by atoms with Gasteiger partial charge in [0.1, 0.15) is 5.76 Å². The average molecular weight is 256 g/mol. The second-order valence-electron chi connectivity index (χ2n) is 4.20. The van der Waals surface area contributed by atoms with Crippen molar-refractivity contribution in [3.05, 3.63) is 59.0 Å². The highest BCUT2D eigenvalue weighted by Gasteiger charge is 2.07. The van der Waals surface area contributed by atoms with Crippen LogP contribution < -0.4 is 5.43 Å². The summed E-state index contributed by atoms with van der Waals surface area (Å²) in [5, 5.41) is 3.90. The fourth-order valence-corrected chi connectivity index (χ4v) is 1.62. The Labute approximate surface area is 112 Å². The Hall–Kier alpha value is -2.36. The molecule has 1 amide bonds. The molecule has 0 aliphatic rings. The predicted molar refractivity (Wildman–Crippen MR) is 74.3 cm³/mol. The summed E-state index contributed by atoms with van der Waals surface area (Å²) in [6.45, 7) is 3.89. The van der Waals surface area contributed by atoms with Crippen LogP contribution in [0.2, 0.25) is 0 Å². The van der Waals surface area contributed by atoms with Crippen LogP contribution in [0.4, 0.5) is 0 Å². The van der Waals surface area contributed by atoms with Crippen molar-refractivity contribution in [1.82, 2.24) is 5.43 Å². The summed E-state index contributed by atoms with van der Waals surface area (Å²) in [6.07, 6.45) is 2.61. The fraction of sp³-hybridized carbons (Fsp3) is 0.200. The highest BCUT2D eigenvalue weighted by Crippen LogP contribution is 2.06. The summed E-state index contributed by atoms with van der Waals surface area (Å²) < 4.78 is 5.19. The van der Waals surface area contributed by atoms with Gasteiger partial charge in [-0.15, -0.1) is 0 Å². The van der Waals surface area contributed by atoms with Crippen molar-refractivity contribution in [2.24, 2.45) is 5.10 Å². The second kappa shape index (κ2) is 6.00. The zero-order chi connectivity index (χ0) is 13.7. The van der Waals surface area contributed by atoms with E-state index in [1.807, 2.05) is 24.3 Å². The summed E-state index contributed by atoms with van der Waals surface area (Å²) in [7, 11) is 0. The first-order valence-electron chi connectivity index (χ1n) is 6.18. The largest absolute Gasteiger partial charge is 0.456 e. The highest BCUT2D eigenvalue weighted by molar-refractivity contribution is 5.92. The van der Waals surface area contributed by atoms with Crippen LogP contribution in [0.5, 0.6) is 0 Å². The molecule has 0 spiro atoms. The van der Waals surface area contributed by atoms with E-state index < -0.39 is 0 Å². The number of hydrogen-bond acceptors (Lipinski definition) is 3. The highest BCUT2D eigenvalue weighted by atomic mass is 16.3. The van der Waals surface area contributed by atoms with Gasteiger partial charge in [0.15, 0.2) is 5.76 Å². The Morgan fingerprint density at radius 2 is 2.00 bits per heavy atom. The molecule has 0 fully saturated rings. The van der Waals surface area contributed by atoms with Crippen LogP contribution in [0.25, 0.3) is 0 Å². The maximum Gasteiger partial charge on any atom is 0.307 e. The van der Waals surface area contributed by atoms with Crippen LogP contribution in [0, 0.1) is 6.92 Å². The summed E-state index contributed by atoms with van der Waals surface area (Å²) >= 11 is 0. The van der Waals surface area contributed by atoms with Crippen molar-refractivity contribution in [1.29, 1.82) is 0 Å². The Morgan fingerprint density at radius 3 is 2.58 bits per heavy atom. The molecule has 0 aliphatic carbocycles. The molecule has 2 aromatic rings. The number of rotatable bonds is 4. The van der Waals surface area contributed by atoms with Crippen LogP contribution >= 0.6 is 0 Å². The smallest absolute Gasteiger partial charge is 0.307 e. The maximum atomic E-state index is 11.6. The molecule has 98 valence electrons. The van der Waals surface area contributed by atoms with Crippen LogP contribution in [-0.4, -0.2) is 12.1 Å². The minimum Gasteiger partial charge on any atom is -0.456 e. The number of nitrogens with one attached hydrogen (secondary N) is 1. The van der Waals surface area contributed by atoms with E-state index in [-0.39, 0.29) is 11.7 Å². The normalized spacial score (nSPS) is 10.8. The molecule has 19 heavy (non-hydrogen) atoms. The third kappa shape index (κ3) is 3.55. The summed E-state index contributed by atoms with van der Waals surface area (Å²) in [5.41, 5.74) is 4.63. The van der Waals surface area contributed by atoms with Gasteiger partial charge >= 0.3 is 5.91 Å². The van der Waals surface area contributed by atoms with Crippen LogP contribution in [0.1, 0.15) is 34.4 Å². The number of benzene rings is 1. The zero-order valence-electron chi connectivity index (χ0n) is 11.0. The van der Waals surface area contributed by atoms with Gasteiger partial charge in [0.25, 0.3) is 0 Å². The molecule has 0 saturated carbocycles. The van der Waals surface area contributed by atoms with Crippen LogP contribution in [0.3, 0.4) is 0 Å². The summed E-state index contributed by atoms with van der Waals surface area (Å²) in [6, 6.07) is 11.4. The first-order valence-corrected chi connectivity index (χ1v) is 6.18. The van der Waals surface area contributed by atoms with Crippen molar-refractivity contribution in [2.45, 2.75) is 20.3 Å². The van der Waals surface area contributed by atoms with Crippen LogP contribution in [-0.2, 0) is 6.42 Å². The molecule has 1 heterocycles. The second-order valence-corrected chi connectivity index (χ2v) is 4.20. The molecule has 4 nitrogen and oxygen atoms in total. The van der Waals surface area contributed by atoms with Crippen molar-refractivity contribution < 1.29 is 9.21 Å². The Kier molecular flexibility index (Phi) is 4.13. The van der Waals surface area contributed by atoms with E-state index in [1.54, 1.807) is 25.3 Å². The van der Waals surface area contributed by atoms with Gasteiger partial charge in [-0.3, -0.25) is 4.79 Å². The molecular formula is C15H16N2O2. The first-order chi connectivity index (χ1) is 9.19. The van der Waals surface area contributed by atoms with E-state index in [9.17, 15) is 4.79 Å². The molecule has 1 aromatic heterocycles. The molecule has 1 N–H and O–H groups in total.